The van der Waals surface area contributed by atoms with Crippen molar-refractivity contribution in [3.8, 4) is 0 Å². The van der Waals surface area contributed by atoms with Gasteiger partial charge >= 0.3 is 32.7 Å². The van der Waals surface area contributed by atoms with Crippen molar-refractivity contribution in [2.24, 2.45) is 10.8 Å². The fraction of sp³-hybridized carbons (Fsp3) is 0.342. The van der Waals surface area contributed by atoms with E-state index in [-0.39, 0.29) is 75.0 Å². The Hall–Kier alpha value is -2.20. The number of ether oxygens (including phenoxy) is 1. The minimum absolute atomic E-state index is 0. The summed E-state index contributed by atoms with van der Waals surface area (Å²) in [5.41, 5.74) is 37.0. The number of rotatable bonds is 14. The third kappa shape index (κ3) is 26.7. The van der Waals surface area contributed by atoms with Gasteiger partial charge in [0.2, 0.25) is 0 Å². The first-order valence-electron chi connectivity index (χ1n) is 33.0. The average molecular weight is 1960 g/mol. The molecular weight excluding hydrogens is 1880 g/mol. The standard InChI is InChI=1S/C19H21Cl3N2O.C18H18BrCl3N2.C18H18Cl3N5.C18H20Cl3N3.BBr3.N3.Na/c1-23-9-10-24(17-8-7-15(21)11-16(17)22)19(18(23)12-25-2)13-3-5-14(20)6-4-13;1-23-8-9-24(16-7-6-14(21)10-15(16)22)18(17(23)11-19)12-2-4-13(20)5-3-12;1-25-8-9-26(16-7-6-14(20)10-15(16)21)18(17(25)11-23-24-22)12-2-4-13(19)5-3-12;1-23-8-9-24(16-7-6-14(20)10-15(16)21)18(17(23)11-22)12-2-4-13(19)5-3-12;2-1(3)4;1-3-2;/h3-8,11,18-19H,9-10,12H2,1-2H3;2-7,10,17-18H,8-9,11H2,1H3;2-7,10,17-18H,8-9,11H2,1H3;2-7,10,17-18H,8-9,11,22H2,1H3;;;/q;;;;;-1;+1/t18-,19+;3*17-,18+;;;/m1111.../s1. The molecule has 34 heteroatoms. The number of alkyl halides is 1. The predicted molar refractivity (Wildman–Crippen MR) is 469 cm³/mol. The van der Waals surface area contributed by atoms with E-state index in [1.165, 1.54) is 21.6 Å². The van der Waals surface area contributed by atoms with Crippen molar-refractivity contribution in [1.29, 1.82) is 0 Å². The van der Waals surface area contributed by atoms with E-state index in [1.54, 1.807) is 31.4 Å². The molecule has 16 nitrogen and oxygen atoms in total. The van der Waals surface area contributed by atoms with Gasteiger partial charge in [-0.2, -0.15) is 0 Å². The van der Waals surface area contributed by atoms with Gasteiger partial charge in [-0.05, 0) is 177 Å². The number of benzene rings is 8. The number of anilines is 4. The van der Waals surface area contributed by atoms with Gasteiger partial charge in [0, 0.05) is 141 Å². The number of azide groups is 1. The van der Waals surface area contributed by atoms with Crippen LogP contribution in [-0.2, 0) is 4.74 Å². The summed E-state index contributed by atoms with van der Waals surface area (Å²) >= 11 is 87.5. The molecule has 566 valence electrons. The van der Waals surface area contributed by atoms with Crippen LogP contribution in [0.3, 0.4) is 0 Å². The summed E-state index contributed by atoms with van der Waals surface area (Å²) in [6.07, 6.45) is 0. The number of hydrogen-bond donors (Lipinski definition) is 1. The van der Waals surface area contributed by atoms with Gasteiger partial charge < -0.3 is 41.1 Å². The molecule has 4 saturated heterocycles. The smallest absolute Gasteiger partial charge is 0.383 e. The van der Waals surface area contributed by atoms with Crippen LogP contribution in [0.25, 0.3) is 26.4 Å². The minimum atomic E-state index is -0.0322. The molecule has 0 radical (unpaired) electrons. The SMILES string of the molecule is BrB(Br)Br.CN1CCN(c2ccc(Cl)cc2Cl)[C@@H](c2ccc(Cl)cc2)[C@H]1CBr.CN1CCN(c2ccc(Cl)cc2Cl)[C@@H](c2ccc(Cl)cc2)[C@H]1CN.CN1CCN(c2ccc(Cl)cc2Cl)[C@@H](c2ccc(Cl)cc2)[C@H]1CN=[N+]=[N-].COC[C@@H]1[C@H](c2ccc(Cl)cc2)N(c2ccc(Cl)cc2Cl)CCN1C.[N-]=[N+]=[N-].[Na+]. The zero-order valence-electron chi connectivity index (χ0n) is 59.1. The van der Waals surface area contributed by atoms with Crippen LogP contribution in [0.4, 0.5) is 22.7 Å². The van der Waals surface area contributed by atoms with Crippen LogP contribution in [0.5, 0.6) is 0 Å². The number of likely N-dealkylation sites (N-methyl/N-ethyl adjacent to an activating group) is 4. The van der Waals surface area contributed by atoms with E-state index in [2.05, 4.69) is 170 Å². The van der Waals surface area contributed by atoms with Crippen LogP contribution >= 0.6 is 202 Å². The number of nitrogens with two attached hydrogens (primary N) is 1. The van der Waals surface area contributed by atoms with Gasteiger partial charge in [0.05, 0.1) is 79.7 Å². The zero-order valence-corrected chi connectivity index (χ0v) is 76.6. The maximum atomic E-state index is 8.81. The van der Waals surface area contributed by atoms with E-state index >= 15 is 0 Å². The Bertz CT molecular complexity index is 4050. The first-order chi connectivity index (χ1) is 50.7. The summed E-state index contributed by atoms with van der Waals surface area (Å²) in [4.78, 5) is 23.0. The van der Waals surface area contributed by atoms with Crippen molar-refractivity contribution in [1.82, 2.24) is 19.6 Å². The topological polar surface area (TPSA) is 169 Å². The summed E-state index contributed by atoms with van der Waals surface area (Å²) in [6, 6.07) is 55.4. The van der Waals surface area contributed by atoms with Crippen LogP contribution in [0.15, 0.2) is 175 Å². The molecule has 4 fully saturated rings. The molecule has 0 amide bonds. The van der Waals surface area contributed by atoms with Gasteiger partial charge in [-0.15, -0.1) is 47.3 Å². The zero-order chi connectivity index (χ0) is 77.5. The number of piperazine rings is 4. The van der Waals surface area contributed by atoms with Crippen LogP contribution < -0.4 is 54.9 Å². The molecule has 12 rings (SSSR count). The van der Waals surface area contributed by atoms with E-state index in [0.29, 0.717) is 70.9 Å². The largest absolute Gasteiger partial charge is 1.00 e. The summed E-state index contributed by atoms with van der Waals surface area (Å²) < 4.78 is 5.78. The molecule has 0 unspecified atom stereocenters. The van der Waals surface area contributed by atoms with Gasteiger partial charge in [0.25, 0.3) is 0 Å². The third-order valence-corrected chi connectivity index (χ3v) is 22.5. The first-order valence-corrected chi connectivity index (χ1v) is 41.5. The molecule has 4 aliphatic heterocycles. The Morgan fingerprint density at radius 3 is 0.888 bits per heavy atom. The van der Waals surface area contributed by atoms with Gasteiger partial charge in [-0.1, -0.05) is 209 Å². The average Bonchev–Trinajstić information content (AvgIpc) is 0.796. The molecule has 8 aromatic rings. The van der Waals surface area contributed by atoms with E-state index in [1.807, 2.05) is 116 Å². The van der Waals surface area contributed by atoms with Gasteiger partial charge in [0.1, 0.15) is 0 Å². The number of nitrogens with zero attached hydrogens (tertiary/aromatic N) is 14. The van der Waals surface area contributed by atoms with E-state index < -0.39 is 0 Å². The van der Waals surface area contributed by atoms with Crippen LogP contribution in [0, 0.1) is 0 Å². The fourth-order valence-electron chi connectivity index (χ4n) is 13.5. The molecule has 8 aromatic carbocycles. The van der Waals surface area contributed by atoms with Gasteiger partial charge in [-0.25, -0.2) is 0 Å². The third-order valence-electron chi connectivity index (χ3n) is 18.6. The molecule has 4 aliphatic rings. The maximum absolute atomic E-state index is 8.81. The molecule has 2 N–H and O–H groups in total. The Balaban J connectivity index is 0.000000216. The van der Waals surface area contributed by atoms with Crippen molar-refractivity contribution in [2.75, 3.05) is 132 Å². The summed E-state index contributed by atoms with van der Waals surface area (Å²) in [7, 11) is 10.2. The van der Waals surface area contributed by atoms with Gasteiger partial charge in [-0.3, -0.25) is 24.5 Å². The van der Waals surface area contributed by atoms with Crippen LogP contribution in [-0.4, -0.2) is 160 Å². The second-order valence-corrected chi connectivity index (χ2v) is 37.1. The Morgan fingerprint density at radius 1 is 0.402 bits per heavy atom. The quantitative estimate of drug-likeness (QED) is 0.0364. The van der Waals surface area contributed by atoms with Gasteiger partial charge in [0.15, 0.2) is 0 Å². The van der Waals surface area contributed by atoms with E-state index in [4.69, 9.17) is 166 Å². The normalized spacial score (nSPS) is 20.2. The second kappa shape index (κ2) is 47.0. The number of halogens is 16. The number of methoxy groups -OCH3 is 1. The minimum Gasteiger partial charge on any atom is -0.383 e. The summed E-state index contributed by atoms with van der Waals surface area (Å²) in [5, 5.41) is 12.7. The van der Waals surface area contributed by atoms with Crippen LogP contribution in [0.2, 0.25) is 60.3 Å². The molecule has 0 spiro atoms. The molecule has 107 heavy (non-hydrogen) atoms. The van der Waals surface area contributed by atoms with Crippen LogP contribution in [0.1, 0.15) is 46.4 Å². The Kier molecular flexibility index (Phi) is 41.1. The first kappa shape index (κ1) is 93.7. The van der Waals surface area contributed by atoms with Crippen molar-refractivity contribution in [3.05, 3.63) is 279 Å². The predicted octanol–water partition coefficient (Wildman–Crippen LogP) is 21.4. The molecule has 0 saturated carbocycles. The summed E-state index contributed by atoms with van der Waals surface area (Å²) in [6.45, 7) is 8.62. The van der Waals surface area contributed by atoms with Crippen molar-refractivity contribution in [3.63, 3.8) is 0 Å². The molecule has 8 atom stereocenters. The van der Waals surface area contributed by atoms with E-state index in [0.717, 1.165) is 101 Å². The second-order valence-electron chi connectivity index (χ2n) is 24.9. The maximum Gasteiger partial charge on any atom is 1.00 e. The fourth-order valence-corrected chi connectivity index (χ4v) is 16.9. The molecule has 0 bridgehead atoms. The molecular formula is C73H77BBr4Cl12N15NaO. The Morgan fingerprint density at radius 2 is 0.636 bits per heavy atom. The number of hydrogen-bond acceptors (Lipinski definition) is 11. The van der Waals surface area contributed by atoms with Crippen molar-refractivity contribution >= 4 is 228 Å². The monoisotopic (exact) mass is 1950 g/mol. The Labute approximate surface area is 743 Å². The molecule has 0 aliphatic carbocycles. The molecule has 4 heterocycles. The van der Waals surface area contributed by atoms with E-state index in [9.17, 15) is 0 Å². The summed E-state index contributed by atoms with van der Waals surface area (Å²) in [5.74, 6) is 0. The van der Waals surface area contributed by atoms with Crippen molar-refractivity contribution < 1.29 is 34.3 Å². The molecule has 0 aromatic heterocycles. The van der Waals surface area contributed by atoms with Crippen molar-refractivity contribution in [2.45, 2.75) is 48.3 Å².